The Morgan fingerprint density at radius 3 is 2.20 bits per heavy atom. The first-order valence-corrected chi connectivity index (χ1v) is 6.11. The van der Waals surface area contributed by atoms with Crippen LogP contribution in [0.3, 0.4) is 0 Å². The lowest BCUT2D eigenvalue weighted by Crippen LogP contribution is -2.36. The van der Waals surface area contributed by atoms with Crippen molar-refractivity contribution in [1.29, 1.82) is 0 Å². The second-order valence-corrected chi connectivity index (χ2v) is 4.61. The lowest BCUT2D eigenvalue weighted by Gasteiger charge is -2.16. The van der Waals surface area contributed by atoms with Crippen molar-refractivity contribution in [2.45, 2.75) is 6.61 Å². The van der Waals surface area contributed by atoms with Gasteiger partial charge in [-0.25, -0.2) is 4.39 Å². The van der Waals surface area contributed by atoms with Gasteiger partial charge in [0.05, 0.1) is 5.82 Å². The van der Waals surface area contributed by atoms with Crippen LogP contribution in [0.2, 0.25) is 5.02 Å². The summed E-state index contributed by atoms with van der Waals surface area (Å²) in [5, 5.41) is 0.566. The van der Waals surface area contributed by atoms with E-state index in [1.807, 2.05) is 0 Å². The number of hydrogen-bond donors (Lipinski definition) is 0. The molecule has 2 aromatic carbocycles. The molecule has 0 spiro atoms. The Morgan fingerprint density at radius 1 is 1.00 bits per heavy atom. The Hall–Kier alpha value is -1.69. The highest BCUT2D eigenvalue weighted by Crippen LogP contribution is 2.18. The van der Waals surface area contributed by atoms with E-state index < -0.39 is 18.3 Å². The molecule has 0 aliphatic carbocycles. The zero-order valence-electron chi connectivity index (χ0n) is 10.1. The Bertz CT molecular complexity index is 598. The predicted molar refractivity (Wildman–Crippen MR) is 70.9 cm³/mol. The first-order chi connectivity index (χ1) is 9.36. The van der Waals surface area contributed by atoms with Crippen molar-refractivity contribution >= 4 is 24.0 Å². The summed E-state index contributed by atoms with van der Waals surface area (Å²) in [4.78, 5) is 0. The van der Waals surface area contributed by atoms with Crippen LogP contribution in [0.15, 0.2) is 42.5 Å². The fraction of sp³-hybridized carbons (Fsp3) is 0.0769. The van der Waals surface area contributed by atoms with Crippen molar-refractivity contribution in [1.82, 2.24) is 0 Å². The van der Waals surface area contributed by atoms with Crippen molar-refractivity contribution in [2.24, 2.45) is 0 Å². The molecule has 0 aliphatic heterocycles. The maximum absolute atomic E-state index is 13.3. The first-order valence-electron chi connectivity index (χ1n) is 5.73. The van der Waals surface area contributed by atoms with Gasteiger partial charge in [0.15, 0.2) is 0 Å². The molecule has 0 aromatic heterocycles. The van der Waals surface area contributed by atoms with Gasteiger partial charge >= 0.3 is 6.98 Å². The number of benzene rings is 2. The van der Waals surface area contributed by atoms with Crippen LogP contribution in [-0.4, -0.2) is 6.98 Å². The molecular weight excluding hydrogens is 294 g/mol. The van der Waals surface area contributed by atoms with E-state index in [1.165, 1.54) is 0 Å². The second kappa shape index (κ2) is 5.75. The number of hydrogen-bond acceptors (Lipinski definition) is 1. The first kappa shape index (κ1) is 14.7. The Balaban J connectivity index is 2.07. The van der Waals surface area contributed by atoms with E-state index in [4.69, 9.17) is 16.3 Å². The Kier molecular flexibility index (Phi) is 4.23. The largest absolute Gasteiger partial charge is 0.512 e. The molecule has 0 atom stereocenters. The zero-order chi connectivity index (χ0) is 14.8. The molecule has 0 unspecified atom stereocenters. The third kappa shape index (κ3) is 3.66. The van der Waals surface area contributed by atoms with E-state index in [-0.39, 0.29) is 12.4 Å². The molecule has 0 heterocycles. The highest BCUT2D eigenvalue weighted by atomic mass is 35.5. The van der Waals surface area contributed by atoms with E-state index in [2.05, 4.69) is 0 Å². The van der Waals surface area contributed by atoms with Crippen LogP contribution in [0.25, 0.3) is 0 Å². The van der Waals surface area contributed by atoms with Gasteiger partial charge < -0.3 is 17.7 Å². The maximum Gasteiger partial charge on any atom is 0.512 e. The molecule has 0 saturated heterocycles. The van der Waals surface area contributed by atoms with Crippen LogP contribution in [0.5, 0.6) is 5.75 Å². The van der Waals surface area contributed by atoms with Gasteiger partial charge in [-0.15, -0.1) is 0 Å². The van der Waals surface area contributed by atoms with Crippen molar-refractivity contribution < 1.29 is 22.1 Å². The number of ether oxygens (including phenoxy) is 1. The van der Waals surface area contributed by atoms with Gasteiger partial charge in [-0.3, -0.25) is 0 Å². The van der Waals surface area contributed by atoms with Gasteiger partial charge in [0.1, 0.15) is 12.4 Å². The summed E-state index contributed by atoms with van der Waals surface area (Å²) in [6.45, 7) is -5.23. The summed E-state index contributed by atoms with van der Waals surface area (Å²) in [6, 6.07) is 9.28. The Morgan fingerprint density at radius 2 is 1.65 bits per heavy atom. The normalized spacial score (nSPS) is 11.4. The molecule has 0 amide bonds. The standard InChI is InChI=1S/C13H9BClF4O/c15-10-3-1-9(2-4-10)8-20-11-5-6-12(13(16)7-11)14(17,18)19/h1-7H,8H2/q-1. The van der Waals surface area contributed by atoms with Gasteiger partial charge in [0.2, 0.25) is 0 Å². The zero-order valence-corrected chi connectivity index (χ0v) is 10.9. The molecule has 20 heavy (non-hydrogen) atoms. The van der Waals surface area contributed by atoms with Crippen molar-refractivity contribution in [3.63, 3.8) is 0 Å². The second-order valence-electron chi connectivity index (χ2n) is 4.17. The summed E-state index contributed by atoms with van der Waals surface area (Å²) < 4.78 is 55.9. The van der Waals surface area contributed by atoms with Crippen LogP contribution in [-0.2, 0) is 6.61 Å². The molecule has 7 heteroatoms. The van der Waals surface area contributed by atoms with Crippen molar-refractivity contribution in [2.75, 3.05) is 0 Å². The fourth-order valence-electron chi connectivity index (χ4n) is 1.61. The molecule has 0 aliphatic rings. The quantitative estimate of drug-likeness (QED) is 0.610. The number of halogens is 5. The minimum atomic E-state index is -5.35. The molecule has 0 saturated carbocycles. The molecule has 0 fully saturated rings. The van der Waals surface area contributed by atoms with Gasteiger partial charge in [0.25, 0.3) is 0 Å². The molecule has 1 nitrogen and oxygen atoms in total. The highest BCUT2D eigenvalue weighted by molar-refractivity contribution is 6.73. The molecule has 2 aromatic rings. The fourth-order valence-corrected chi connectivity index (χ4v) is 1.74. The van der Waals surface area contributed by atoms with Crippen molar-refractivity contribution in [3.8, 4) is 5.75 Å². The topological polar surface area (TPSA) is 9.23 Å². The molecule has 106 valence electrons. The monoisotopic (exact) mass is 303 g/mol. The van der Waals surface area contributed by atoms with E-state index >= 15 is 0 Å². The molecule has 0 N–H and O–H groups in total. The highest BCUT2D eigenvalue weighted by Gasteiger charge is 2.28. The SMILES string of the molecule is Fc1cc(OCc2ccc(Cl)cc2)ccc1[B-](F)(F)F. The van der Waals surface area contributed by atoms with Crippen LogP contribution in [0.1, 0.15) is 5.56 Å². The summed E-state index contributed by atoms with van der Waals surface area (Å²) in [5.74, 6) is -1.28. The summed E-state index contributed by atoms with van der Waals surface area (Å²) >= 11 is 5.71. The van der Waals surface area contributed by atoms with Crippen LogP contribution in [0.4, 0.5) is 17.3 Å². The summed E-state index contributed by atoms with van der Waals surface area (Å²) in [6.07, 6.45) is 0. The number of rotatable bonds is 4. The smallest absolute Gasteiger partial charge is 0.489 e. The summed E-state index contributed by atoms with van der Waals surface area (Å²) in [7, 11) is 0. The van der Waals surface area contributed by atoms with Gasteiger partial charge in [0, 0.05) is 11.1 Å². The lowest BCUT2D eigenvalue weighted by atomic mass is 9.80. The molecule has 2 rings (SSSR count). The van der Waals surface area contributed by atoms with E-state index in [9.17, 15) is 17.3 Å². The van der Waals surface area contributed by atoms with E-state index in [0.29, 0.717) is 11.1 Å². The van der Waals surface area contributed by atoms with Gasteiger partial charge in [-0.2, -0.15) is 0 Å². The average molecular weight is 303 g/mol. The van der Waals surface area contributed by atoms with Gasteiger partial charge in [-0.05, 0) is 23.8 Å². The molecule has 0 bridgehead atoms. The lowest BCUT2D eigenvalue weighted by molar-refractivity contribution is 0.304. The third-order valence-corrected chi connectivity index (χ3v) is 2.90. The van der Waals surface area contributed by atoms with E-state index in [0.717, 1.165) is 17.7 Å². The minimum absolute atomic E-state index is 0.0428. The molecular formula is C13H9BClF4O-. The van der Waals surface area contributed by atoms with Crippen LogP contribution < -0.4 is 10.2 Å². The average Bonchev–Trinajstić information content (AvgIpc) is 2.36. The van der Waals surface area contributed by atoms with E-state index in [1.54, 1.807) is 24.3 Å². The minimum Gasteiger partial charge on any atom is -0.489 e. The van der Waals surface area contributed by atoms with Crippen molar-refractivity contribution in [3.05, 3.63) is 58.9 Å². The maximum atomic E-state index is 13.3. The Labute approximate surface area is 118 Å². The summed E-state index contributed by atoms with van der Waals surface area (Å²) in [5.41, 5.74) is -0.470. The van der Waals surface area contributed by atoms with Crippen LogP contribution in [0, 0.1) is 5.82 Å². The van der Waals surface area contributed by atoms with Gasteiger partial charge in [-0.1, -0.05) is 35.3 Å². The van der Waals surface area contributed by atoms with Crippen LogP contribution >= 0.6 is 11.6 Å². The molecule has 0 radical (unpaired) electrons. The predicted octanol–water partition coefficient (Wildman–Crippen LogP) is 4.11. The third-order valence-electron chi connectivity index (χ3n) is 2.64.